The molecule has 8 heteroatoms. The van der Waals surface area contributed by atoms with Crippen LogP contribution in [0.2, 0.25) is 0 Å². The number of fused-ring (bicyclic) bond motifs is 2. The van der Waals surface area contributed by atoms with Gasteiger partial charge in [0.05, 0.1) is 51.0 Å². The number of ketones is 1. The van der Waals surface area contributed by atoms with E-state index < -0.39 is 35.6 Å². The van der Waals surface area contributed by atoms with Crippen LogP contribution in [0.5, 0.6) is 0 Å². The van der Waals surface area contributed by atoms with Crippen molar-refractivity contribution >= 4 is 33.3 Å². The SMILES string of the molecule is C=CCCC1C(=O)C(C)(C)C(O)CC(=O)OC(c2ccc3sc(C)nc3c2)CC2OC2(C)CCCC(C)C1O. The first-order valence-corrected chi connectivity index (χ1v) is 14.9. The quantitative estimate of drug-likeness (QED) is 0.276. The van der Waals surface area contributed by atoms with Crippen LogP contribution >= 0.6 is 11.3 Å². The third kappa shape index (κ3) is 6.62. The third-order valence-corrected chi connectivity index (χ3v) is 9.75. The summed E-state index contributed by atoms with van der Waals surface area (Å²) in [6.45, 7) is 13.1. The van der Waals surface area contributed by atoms with E-state index in [4.69, 9.17) is 9.47 Å². The fourth-order valence-corrected chi connectivity index (χ4v) is 6.68. The molecule has 7 atom stereocenters. The van der Waals surface area contributed by atoms with Gasteiger partial charge in [-0.3, -0.25) is 9.59 Å². The van der Waals surface area contributed by atoms with Crippen molar-refractivity contribution in [2.45, 2.75) is 110 Å². The number of cyclic esters (lactones) is 1. The minimum Gasteiger partial charge on any atom is -0.457 e. The second-order valence-electron chi connectivity index (χ2n) is 12.2. The van der Waals surface area contributed by atoms with E-state index in [1.165, 1.54) is 0 Å². The molecular formula is C31H43NO6S. The van der Waals surface area contributed by atoms with E-state index in [2.05, 4.69) is 18.5 Å². The summed E-state index contributed by atoms with van der Waals surface area (Å²) >= 11 is 1.62. The molecule has 2 aliphatic rings. The minimum atomic E-state index is -1.26. The molecule has 3 heterocycles. The summed E-state index contributed by atoms with van der Waals surface area (Å²) in [4.78, 5) is 31.5. The number of rotatable bonds is 4. The summed E-state index contributed by atoms with van der Waals surface area (Å²) in [6, 6.07) is 5.93. The van der Waals surface area contributed by atoms with Crippen molar-refractivity contribution in [2.75, 3.05) is 0 Å². The summed E-state index contributed by atoms with van der Waals surface area (Å²) in [5.41, 5.74) is 0.134. The van der Waals surface area contributed by atoms with E-state index in [1.807, 2.05) is 32.0 Å². The molecule has 1 aromatic heterocycles. The molecule has 214 valence electrons. The summed E-state index contributed by atoms with van der Waals surface area (Å²) in [5, 5.41) is 23.3. The molecule has 4 rings (SSSR count). The van der Waals surface area contributed by atoms with Gasteiger partial charge < -0.3 is 19.7 Å². The fraction of sp³-hybridized carbons (Fsp3) is 0.645. The van der Waals surface area contributed by atoms with Gasteiger partial charge in [-0.1, -0.05) is 39.3 Å². The van der Waals surface area contributed by atoms with Crippen LogP contribution in [0.1, 0.15) is 89.3 Å². The molecule has 0 radical (unpaired) electrons. The van der Waals surface area contributed by atoms with E-state index in [9.17, 15) is 19.8 Å². The van der Waals surface area contributed by atoms with Crippen LogP contribution in [-0.4, -0.2) is 50.9 Å². The van der Waals surface area contributed by atoms with Crippen LogP contribution in [0.25, 0.3) is 10.2 Å². The van der Waals surface area contributed by atoms with Crippen molar-refractivity contribution in [3.63, 3.8) is 0 Å². The number of esters is 1. The number of hydrogen-bond donors (Lipinski definition) is 2. The van der Waals surface area contributed by atoms with Crippen molar-refractivity contribution < 1.29 is 29.3 Å². The second kappa shape index (κ2) is 11.8. The zero-order valence-electron chi connectivity index (χ0n) is 23.8. The Balaban J connectivity index is 1.62. The van der Waals surface area contributed by atoms with Gasteiger partial charge in [-0.05, 0) is 63.1 Å². The highest BCUT2D eigenvalue weighted by molar-refractivity contribution is 7.18. The number of thiazole rings is 1. The Hall–Kier alpha value is -2.13. The van der Waals surface area contributed by atoms with Crippen LogP contribution < -0.4 is 0 Å². The number of carbonyl (C=O) groups excluding carboxylic acids is 2. The molecule has 7 unspecified atom stereocenters. The van der Waals surface area contributed by atoms with Gasteiger partial charge in [-0.15, -0.1) is 17.9 Å². The molecule has 2 N–H and O–H groups in total. The van der Waals surface area contributed by atoms with E-state index in [-0.39, 0.29) is 29.8 Å². The number of benzene rings is 1. The van der Waals surface area contributed by atoms with E-state index in [1.54, 1.807) is 31.3 Å². The number of Topliss-reactive ketones (excluding diaryl/α,β-unsaturated/α-hetero) is 1. The molecule has 0 amide bonds. The number of aryl methyl sites for hydroxylation is 1. The largest absolute Gasteiger partial charge is 0.457 e. The molecule has 39 heavy (non-hydrogen) atoms. The number of aliphatic hydroxyl groups excluding tert-OH is 2. The maximum Gasteiger partial charge on any atom is 0.309 e. The monoisotopic (exact) mass is 557 g/mol. The number of aliphatic hydroxyl groups is 2. The molecule has 0 aliphatic carbocycles. The van der Waals surface area contributed by atoms with Crippen LogP contribution in [0, 0.1) is 24.2 Å². The molecule has 1 aromatic carbocycles. The normalized spacial score (nSPS) is 34.3. The van der Waals surface area contributed by atoms with Gasteiger partial charge >= 0.3 is 5.97 Å². The van der Waals surface area contributed by atoms with Gasteiger partial charge in [0.2, 0.25) is 0 Å². The average Bonchev–Trinajstić information content (AvgIpc) is 3.34. The summed E-state index contributed by atoms with van der Waals surface area (Å²) in [5.74, 6) is -1.58. The fourth-order valence-electron chi connectivity index (χ4n) is 5.87. The Morgan fingerprint density at radius 3 is 2.69 bits per heavy atom. The van der Waals surface area contributed by atoms with Gasteiger partial charge in [0.1, 0.15) is 11.9 Å². The maximum absolute atomic E-state index is 13.7. The van der Waals surface area contributed by atoms with Crippen LogP contribution in [0.3, 0.4) is 0 Å². The Morgan fingerprint density at radius 1 is 1.23 bits per heavy atom. The lowest BCUT2D eigenvalue weighted by Gasteiger charge is -2.36. The van der Waals surface area contributed by atoms with Crippen molar-refractivity contribution in [2.24, 2.45) is 17.3 Å². The highest BCUT2D eigenvalue weighted by Crippen LogP contribution is 2.47. The summed E-state index contributed by atoms with van der Waals surface area (Å²) in [6.07, 6.45) is 2.61. The highest BCUT2D eigenvalue weighted by Gasteiger charge is 2.53. The lowest BCUT2D eigenvalue weighted by molar-refractivity contribution is -0.156. The summed E-state index contributed by atoms with van der Waals surface area (Å²) < 4.78 is 13.2. The van der Waals surface area contributed by atoms with E-state index in [0.29, 0.717) is 19.3 Å². The zero-order valence-corrected chi connectivity index (χ0v) is 24.6. The van der Waals surface area contributed by atoms with Gasteiger partial charge in [-0.2, -0.15) is 0 Å². The molecule has 2 saturated heterocycles. The Bertz CT molecular complexity index is 1210. The number of epoxide rings is 1. The number of allylic oxidation sites excluding steroid dienone is 1. The van der Waals surface area contributed by atoms with E-state index in [0.717, 1.165) is 40.1 Å². The molecule has 2 fully saturated rings. The van der Waals surface area contributed by atoms with Crippen molar-refractivity contribution in [3.8, 4) is 0 Å². The topological polar surface area (TPSA) is 109 Å². The first-order valence-electron chi connectivity index (χ1n) is 14.1. The van der Waals surface area contributed by atoms with Gasteiger partial charge in [0.25, 0.3) is 0 Å². The number of ether oxygens (including phenoxy) is 2. The maximum atomic E-state index is 13.7. The molecule has 0 saturated carbocycles. The van der Waals surface area contributed by atoms with Crippen LogP contribution in [-0.2, 0) is 19.1 Å². The summed E-state index contributed by atoms with van der Waals surface area (Å²) in [7, 11) is 0. The first-order chi connectivity index (χ1) is 18.4. The number of hydrogen-bond acceptors (Lipinski definition) is 8. The molecule has 2 aromatic rings. The van der Waals surface area contributed by atoms with E-state index >= 15 is 0 Å². The Morgan fingerprint density at radius 2 is 1.97 bits per heavy atom. The average molecular weight is 558 g/mol. The molecule has 2 aliphatic heterocycles. The van der Waals surface area contributed by atoms with Crippen molar-refractivity contribution in [1.29, 1.82) is 0 Å². The van der Waals surface area contributed by atoms with Crippen LogP contribution in [0.15, 0.2) is 30.9 Å². The lowest BCUT2D eigenvalue weighted by atomic mass is 9.71. The Labute approximate surface area is 235 Å². The zero-order chi connectivity index (χ0) is 28.5. The molecule has 0 bridgehead atoms. The number of carbonyl (C=O) groups is 2. The minimum absolute atomic E-state index is 0.0698. The van der Waals surface area contributed by atoms with Gasteiger partial charge in [-0.25, -0.2) is 4.98 Å². The molecular weight excluding hydrogens is 514 g/mol. The first kappa shape index (κ1) is 29.8. The third-order valence-electron chi connectivity index (χ3n) is 8.80. The lowest BCUT2D eigenvalue weighted by Crippen LogP contribution is -2.46. The predicted octanol–water partition coefficient (Wildman–Crippen LogP) is 5.85. The highest BCUT2D eigenvalue weighted by atomic mass is 32.1. The number of nitrogens with zero attached hydrogens (tertiary/aromatic N) is 1. The van der Waals surface area contributed by atoms with Gasteiger partial charge in [0, 0.05) is 12.3 Å². The molecule has 0 spiro atoms. The predicted molar refractivity (Wildman–Crippen MR) is 152 cm³/mol. The Kier molecular flexibility index (Phi) is 9.01. The van der Waals surface area contributed by atoms with Gasteiger partial charge in [0.15, 0.2) is 0 Å². The van der Waals surface area contributed by atoms with Crippen LogP contribution in [0.4, 0.5) is 0 Å². The molecule has 7 nitrogen and oxygen atoms in total. The van der Waals surface area contributed by atoms with Crippen molar-refractivity contribution in [3.05, 3.63) is 41.4 Å². The standard InChI is InChI=1S/C31H43NO6S/c1-7-8-11-21-28(35)18(2)10-9-14-31(6)26(38-31)16-23(20-12-13-24-22(15-20)32-19(3)39-24)37-27(34)17-25(33)30(4,5)29(21)36/h7,12-13,15,18,21,23,25-26,28,33,35H,1,8-11,14,16-17H2,2-6H3. The van der Waals surface area contributed by atoms with Crippen molar-refractivity contribution in [1.82, 2.24) is 4.98 Å². The number of aromatic nitrogens is 1. The smallest absolute Gasteiger partial charge is 0.309 e. The second-order valence-corrected chi connectivity index (χ2v) is 13.5.